The summed E-state index contributed by atoms with van der Waals surface area (Å²) in [5.74, 6) is 0. The van der Waals surface area contributed by atoms with Crippen LogP contribution in [-0.2, 0) is 6.54 Å². The molecule has 0 radical (unpaired) electrons. The molecule has 0 unspecified atom stereocenters. The summed E-state index contributed by atoms with van der Waals surface area (Å²) in [5.41, 5.74) is 2.45. The third kappa shape index (κ3) is 3.09. The van der Waals surface area contributed by atoms with Gasteiger partial charge in [0.15, 0.2) is 0 Å². The first-order chi connectivity index (χ1) is 9.60. The molecule has 1 aromatic carbocycles. The molecule has 0 aliphatic rings. The average Bonchev–Trinajstić information content (AvgIpc) is 2.46. The van der Waals surface area contributed by atoms with Crippen LogP contribution >= 0.6 is 0 Å². The quantitative estimate of drug-likeness (QED) is 0.680. The molecule has 0 bridgehead atoms. The van der Waals surface area contributed by atoms with E-state index in [1.165, 1.54) is 12.1 Å². The van der Waals surface area contributed by atoms with Crippen LogP contribution in [0, 0.1) is 28.4 Å². The summed E-state index contributed by atoms with van der Waals surface area (Å²) < 4.78 is 0. The van der Waals surface area contributed by atoms with Gasteiger partial charge in [-0.1, -0.05) is 6.07 Å². The van der Waals surface area contributed by atoms with Gasteiger partial charge in [-0.05, 0) is 30.7 Å². The normalized spacial score (nSPS) is 9.80. The molecule has 100 valence electrons. The lowest BCUT2D eigenvalue weighted by atomic mass is 10.1. The van der Waals surface area contributed by atoms with Crippen molar-refractivity contribution in [2.45, 2.75) is 13.5 Å². The molecule has 0 fully saturated rings. The van der Waals surface area contributed by atoms with Crippen LogP contribution in [0.3, 0.4) is 0 Å². The maximum absolute atomic E-state index is 10.7. The van der Waals surface area contributed by atoms with Crippen LogP contribution in [0.1, 0.15) is 16.8 Å². The van der Waals surface area contributed by atoms with Crippen molar-refractivity contribution in [2.75, 3.05) is 5.32 Å². The molecule has 20 heavy (non-hydrogen) atoms. The van der Waals surface area contributed by atoms with E-state index in [1.807, 2.05) is 25.1 Å². The topological polar surface area (TPSA) is 91.9 Å². The van der Waals surface area contributed by atoms with Gasteiger partial charge in [-0.2, -0.15) is 5.26 Å². The Hall–Kier alpha value is -2.94. The smallest absolute Gasteiger partial charge is 0.287 e. The highest BCUT2D eigenvalue weighted by Crippen LogP contribution is 2.22. The molecule has 1 aromatic heterocycles. The summed E-state index contributed by atoms with van der Waals surface area (Å²) >= 11 is 0. The molecule has 2 rings (SSSR count). The van der Waals surface area contributed by atoms with Crippen molar-refractivity contribution < 1.29 is 4.92 Å². The summed E-state index contributed by atoms with van der Waals surface area (Å²) in [6, 6.07) is 10.1. The van der Waals surface area contributed by atoms with Gasteiger partial charge in [-0.3, -0.25) is 15.1 Å². The highest BCUT2D eigenvalue weighted by atomic mass is 16.6. The summed E-state index contributed by atoms with van der Waals surface area (Å²) in [6.07, 6.45) is 1.76. The predicted molar refractivity (Wildman–Crippen MR) is 74.1 cm³/mol. The molecule has 6 heteroatoms. The highest BCUT2D eigenvalue weighted by molar-refractivity contribution is 5.58. The van der Waals surface area contributed by atoms with Crippen molar-refractivity contribution in [3.8, 4) is 6.07 Å². The molecule has 2 aromatic rings. The van der Waals surface area contributed by atoms with Gasteiger partial charge in [0.2, 0.25) is 0 Å². The number of nitro groups is 1. The molecule has 1 heterocycles. The molecule has 0 atom stereocenters. The second-order valence-corrected chi connectivity index (χ2v) is 4.26. The number of hydrogen-bond donors (Lipinski definition) is 1. The van der Waals surface area contributed by atoms with Crippen molar-refractivity contribution >= 4 is 11.4 Å². The first kappa shape index (κ1) is 13.5. The Morgan fingerprint density at radius 2 is 2.20 bits per heavy atom. The number of pyridine rings is 1. The maximum atomic E-state index is 10.7. The molecule has 6 nitrogen and oxygen atoms in total. The van der Waals surface area contributed by atoms with Crippen LogP contribution < -0.4 is 5.32 Å². The van der Waals surface area contributed by atoms with Crippen LogP contribution in [0.25, 0.3) is 0 Å². The molecule has 0 aliphatic heterocycles. The van der Waals surface area contributed by atoms with E-state index < -0.39 is 4.92 Å². The van der Waals surface area contributed by atoms with Crippen molar-refractivity contribution in [1.82, 2.24) is 4.98 Å². The number of rotatable bonds is 4. The summed E-state index contributed by atoms with van der Waals surface area (Å²) in [5, 5.41) is 22.8. The fourth-order valence-corrected chi connectivity index (χ4v) is 1.70. The third-order valence-corrected chi connectivity index (χ3v) is 2.78. The summed E-state index contributed by atoms with van der Waals surface area (Å²) in [7, 11) is 0. The van der Waals surface area contributed by atoms with Crippen LogP contribution in [0.2, 0.25) is 0 Å². The molecular formula is C14H12N4O2. The number of nitro benzene ring substituents is 1. The number of aryl methyl sites for hydroxylation is 1. The average molecular weight is 268 g/mol. The van der Waals surface area contributed by atoms with Gasteiger partial charge in [0, 0.05) is 30.2 Å². The zero-order valence-electron chi connectivity index (χ0n) is 10.8. The van der Waals surface area contributed by atoms with Gasteiger partial charge < -0.3 is 5.32 Å². The minimum absolute atomic E-state index is 0.0435. The molecule has 0 saturated carbocycles. The van der Waals surface area contributed by atoms with E-state index in [1.54, 1.807) is 12.3 Å². The third-order valence-electron chi connectivity index (χ3n) is 2.78. The minimum atomic E-state index is -0.563. The van der Waals surface area contributed by atoms with Gasteiger partial charge in [-0.25, -0.2) is 0 Å². The Morgan fingerprint density at radius 1 is 1.40 bits per heavy atom. The molecular weight excluding hydrogens is 256 g/mol. The monoisotopic (exact) mass is 268 g/mol. The van der Waals surface area contributed by atoms with E-state index in [9.17, 15) is 10.1 Å². The van der Waals surface area contributed by atoms with E-state index in [-0.39, 0.29) is 11.3 Å². The fraction of sp³-hybridized carbons (Fsp3) is 0.143. The van der Waals surface area contributed by atoms with Gasteiger partial charge in [0.1, 0.15) is 11.6 Å². The van der Waals surface area contributed by atoms with Crippen LogP contribution in [0.5, 0.6) is 0 Å². The Labute approximate surface area is 115 Å². The first-order valence-corrected chi connectivity index (χ1v) is 5.94. The molecule has 0 amide bonds. The second-order valence-electron chi connectivity index (χ2n) is 4.26. The van der Waals surface area contributed by atoms with Crippen molar-refractivity contribution in [3.05, 3.63) is 63.5 Å². The van der Waals surface area contributed by atoms with E-state index in [2.05, 4.69) is 10.3 Å². The van der Waals surface area contributed by atoms with E-state index in [0.717, 1.165) is 11.3 Å². The van der Waals surface area contributed by atoms with Crippen molar-refractivity contribution in [2.24, 2.45) is 0 Å². The highest BCUT2D eigenvalue weighted by Gasteiger charge is 2.13. The van der Waals surface area contributed by atoms with Gasteiger partial charge in [0.05, 0.1) is 4.92 Å². The standard InChI is InChI=1S/C14H12N4O2/c1-10-2-3-11(8-16-10)9-17-13-4-5-14(18(19)20)12(6-13)7-15/h2-6,8,17H,9H2,1H3. The second kappa shape index (κ2) is 5.80. The number of aromatic nitrogens is 1. The predicted octanol–water partition coefficient (Wildman–Crippen LogP) is 2.78. The molecule has 1 N–H and O–H groups in total. The van der Waals surface area contributed by atoms with Crippen LogP contribution in [0.15, 0.2) is 36.5 Å². The summed E-state index contributed by atoms with van der Waals surface area (Å²) in [6.45, 7) is 2.45. The van der Waals surface area contributed by atoms with Gasteiger partial charge in [-0.15, -0.1) is 0 Å². The van der Waals surface area contributed by atoms with E-state index in [4.69, 9.17) is 5.26 Å². The lowest BCUT2D eigenvalue weighted by Crippen LogP contribution is -2.01. The number of nitrogens with zero attached hydrogens (tertiary/aromatic N) is 3. The van der Waals surface area contributed by atoms with Crippen LogP contribution in [0.4, 0.5) is 11.4 Å². The molecule has 0 saturated heterocycles. The lowest BCUT2D eigenvalue weighted by Gasteiger charge is -2.07. The minimum Gasteiger partial charge on any atom is -0.381 e. The molecule has 0 spiro atoms. The summed E-state index contributed by atoms with van der Waals surface area (Å²) in [4.78, 5) is 14.3. The Balaban J connectivity index is 2.12. The Kier molecular flexibility index (Phi) is 3.91. The van der Waals surface area contributed by atoms with Gasteiger partial charge in [0.25, 0.3) is 5.69 Å². The number of nitriles is 1. The van der Waals surface area contributed by atoms with E-state index >= 15 is 0 Å². The van der Waals surface area contributed by atoms with Crippen LogP contribution in [-0.4, -0.2) is 9.91 Å². The number of anilines is 1. The fourth-order valence-electron chi connectivity index (χ4n) is 1.70. The SMILES string of the molecule is Cc1ccc(CNc2ccc([N+](=O)[O-])c(C#N)c2)cn1. The number of nitrogens with one attached hydrogen (secondary N) is 1. The van der Waals surface area contributed by atoms with Crippen molar-refractivity contribution in [3.63, 3.8) is 0 Å². The Morgan fingerprint density at radius 3 is 2.80 bits per heavy atom. The zero-order valence-corrected chi connectivity index (χ0v) is 10.8. The first-order valence-electron chi connectivity index (χ1n) is 5.94. The zero-order chi connectivity index (χ0) is 14.5. The number of benzene rings is 1. The van der Waals surface area contributed by atoms with Crippen molar-refractivity contribution in [1.29, 1.82) is 5.26 Å². The number of hydrogen-bond acceptors (Lipinski definition) is 5. The lowest BCUT2D eigenvalue weighted by molar-refractivity contribution is -0.385. The molecule has 0 aliphatic carbocycles. The largest absolute Gasteiger partial charge is 0.381 e. The van der Waals surface area contributed by atoms with Gasteiger partial charge >= 0.3 is 0 Å². The van der Waals surface area contributed by atoms with E-state index in [0.29, 0.717) is 12.2 Å². The maximum Gasteiger partial charge on any atom is 0.287 e. The Bertz CT molecular complexity index is 675.